The molecule has 25 heavy (non-hydrogen) atoms. The van der Waals surface area contributed by atoms with E-state index >= 15 is 0 Å². The molecule has 1 aromatic carbocycles. The van der Waals surface area contributed by atoms with Gasteiger partial charge in [-0.3, -0.25) is 4.79 Å². The van der Waals surface area contributed by atoms with Gasteiger partial charge >= 0.3 is 0 Å². The lowest BCUT2D eigenvalue weighted by Crippen LogP contribution is -3.18. The zero-order chi connectivity index (χ0) is 17.4. The number of hydrogen-bond donors (Lipinski definition) is 1. The van der Waals surface area contributed by atoms with Crippen LogP contribution in [-0.4, -0.2) is 76.0 Å². The van der Waals surface area contributed by atoms with Crippen LogP contribution < -0.4 is 9.80 Å². The maximum atomic E-state index is 12.7. The number of amides is 1. The van der Waals surface area contributed by atoms with Crippen LogP contribution in [0.4, 0.5) is 5.69 Å². The number of quaternary nitrogens is 1. The normalized spacial score (nSPS) is 26.0. The summed E-state index contributed by atoms with van der Waals surface area (Å²) in [5.41, 5.74) is 2.52. The molecule has 0 radical (unpaired) electrons. The summed E-state index contributed by atoms with van der Waals surface area (Å²) < 4.78 is 23.3. The highest BCUT2D eigenvalue weighted by molar-refractivity contribution is 7.91. The molecule has 3 heterocycles. The van der Waals surface area contributed by atoms with Crippen molar-refractivity contribution >= 4 is 21.4 Å². The van der Waals surface area contributed by atoms with Gasteiger partial charge in [-0.25, -0.2) is 8.42 Å². The van der Waals surface area contributed by atoms with Gasteiger partial charge in [0.15, 0.2) is 9.84 Å². The molecule has 1 N–H and O–H groups in total. The largest absolute Gasteiger partial charge is 0.362 e. The van der Waals surface area contributed by atoms with E-state index in [1.54, 1.807) is 0 Å². The fraction of sp³-hybridized carbons (Fsp3) is 0.611. The van der Waals surface area contributed by atoms with Crippen LogP contribution >= 0.6 is 0 Å². The van der Waals surface area contributed by atoms with Crippen molar-refractivity contribution in [3.63, 3.8) is 0 Å². The molecule has 1 atom stereocenters. The predicted octanol–water partition coefficient (Wildman–Crippen LogP) is -1.04. The quantitative estimate of drug-likeness (QED) is 0.745. The van der Waals surface area contributed by atoms with Gasteiger partial charge in [0.1, 0.15) is 11.8 Å². The van der Waals surface area contributed by atoms with Crippen molar-refractivity contribution in [3.8, 4) is 0 Å². The molecule has 1 amide bonds. The van der Waals surface area contributed by atoms with E-state index in [-0.39, 0.29) is 11.9 Å². The van der Waals surface area contributed by atoms with Crippen molar-refractivity contribution in [3.05, 3.63) is 29.8 Å². The van der Waals surface area contributed by atoms with E-state index in [9.17, 15) is 13.2 Å². The first-order valence-electron chi connectivity index (χ1n) is 9.17. The minimum atomic E-state index is -2.83. The lowest BCUT2D eigenvalue weighted by atomic mass is 10.2. The Hall–Kier alpha value is -1.60. The van der Waals surface area contributed by atoms with E-state index in [1.165, 1.54) is 16.2 Å². The highest BCUT2D eigenvalue weighted by Crippen LogP contribution is 2.27. The van der Waals surface area contributed by atoms with Gasteiger partial charge in [-0.15, -0.1) is 0 Å². The van der Waals surface area contributed by atoms with E-state index in [0.717, 1.165) is 45.6 Å². The molecule has 3 aliphatic rings. The summed E-state index contributed by atoms with van der Waals surface area (Å²) in [4.78, 5) is 18.2. The molecule has 2 saturated heterocycles. The van der Waals surface area contributed by atoms with Crippen LogP contribution in [0.25, 0.3) is 0 Å². The summed E-state index contributed by atoms with van der Waals surface area (Å²) in [5.74, 6) is 0.841. The number of carbonyl (C=O) groups is 1. The Kier molecular flexibility index (Phi) is 4.45. The van der Waals surface area contributed by atoms with Crippen LogP contribution in [0.5, 0.6) is 0 Å². The molecular weight excluding hydrogens is 338 g/mol. The van der Waals surface area contributed by atoms with Crippen LogP contribution in [0.2, 0.25) is 0 Å². The SMILES string of the molecule is O=C(CN1CCc2ccccc21)N1CC[NH+]([C@H]2CCS(=O)(=O)C2)CC1. The molecule has 7 heteroatoms. The minimum Gasteiger partial charge on any atom is -0.362 e. The van der Waals surface area contributed by atoms with Gasteiger partial charge in [-0.2, -0.15) is 0 Å². The molecule has 3 aliphatic heterocycles. The molecule has 4 rings (SSSR count). The van der Waals surface area contributed by atoms with Gasteiger partial charge in [0.05, 0.1) is 38.5 Å². The van der Waals surface area contributed by atoms with Crippen LogP contribution in [0.3, 0.4) is 0 Å². The van der Waals surface area contributed by atoms with Crippen molar-refractivity contribution in [2.24, 2.45) is 0 Å². The number of nitrogens with zero attached hydrogens (tertiary/aromatic N) is 2. The van der Waals surface area contributed by atoms with Gasteiger partial charge < -0.3 is 14.7 Å². The van der Waals surface area contributed by atoms with Crippen LogP contribution in [0.1, 0.15) is 12.0 Å². The first-order valence-corrected chi connectivity index (χ1v) is 11.0. The van der Waals surface area contributed by atoms with Crippen molar-refractivity contribution < 1.29 is 18.1 Å². The molecule has 0 bridgehead atoms. The second-order valence-corrected chi connectivity index (χ2v) is 9.67. The third-order valence-corrected chi connectivity index (χ3v) is 7.65. The standard InChI is InChI=1S/C18H25N3O3S/c22-18(13-21-7-5-15-3-1-2-4-17(15)21)20-10-8-19(9-11-20)16-6-12-25(23,24)14-16/h1-4,16H,5-14H2/p+1/t16-/m0/s1. The Morgan fingerprint density at radius 3 is 2.64 bits per heavy atom. The fourth-order valence-corrected chi connectivity index (χ4v) is 6.23. The first kappa shape index (κ1) is 16.8. The summed E-state index contributed by atoms with van der Waals surface area (Å²) in [6, 6.07) is 8.54. The Bertz CT molecular complexity index is 757. The molecule has 0 spiro atoms. The van der Waals surface area contributed by atoms with Gasteiger partial charge in [0.2, 0.25) is 5.91 Å². The molecule has 0 aliphatic carbocycles. The highest BCUT2D eigenvalue weighted by atomic mass is 32.2. The van der Waals surface area contributed by atoms with Crippen LogP contribution in [0.15, 0.2) is 24.3 Å². The molecular formula is C18H26N3O3S+. The van der Waals surface area contributed by atoms with E-state index in [1.807, 2.05) is 11.0 Å². The van der Waals surface area contributed by atoms with Crippen molar-refractivity contribution in [1.82, 2.24) is 4.90 Å². The van der Waals surface area contributed by atoms with E-state index < -0.39 is 9.84 Å². The number of fused-ring (bicyclic) bond motifs is 1. The van der Waals surface area contributed by atoms with Gasteiger partial charge in [0.25, 0.3) is 0 Å². The Morgan fingerprint density at radius 2 is 1.92 bits per heavy atom. The smallest absolute Gasteiger partial charge is 0.242 e. The van der Waals surface area contributed by atoms with Gasteiger partial charge in [-0.05, 0) is 18.1 Å². The van der Waals surface area contributed by atoms with E-state index in [0.29, 0.717) is 18.1 Å². The van der Waals surface area contributed by atoms with Gasteiger partial charge in [-0.1, -0.05) is 18.2 Å². The minimum absolute atomic E-state index is 0.190. The molecule has 6 nitrogen and oxygen atoms in total. The van der Waals surface area contributed by atoms with Crippen molar-refractivity contribution in [2.45, 2.75) is 18.9 Å². The molecule has 136 valence electrons. The third-order valence-electron chi connectivity index (χ3n) is 5.88. The maximum absolute atomic E-state index is 12.7. The number of para-hydroxylation sites is 1. The third kappa shape index (κ3) is 3.53. The topological polar surface area (TPSA) is 62.1 Å². The van der Waals surface area contributed by atoms with Gasteiger partial charge in [0, 0.05) is 18.7 Å². The molecule has 2 fully saturated rings. The Morgan fingerprint density at radius 1 is 1.16 bits per heavy atom. The summed E-state index contributed by atoms with van der Waals surface area (Å²) in [7, 11) is -2.83. The molecule has 0 aromatic heterocycles. The first-order chi connectivity index (χ1) is 12.0. The molecule has 0 saturated carbocycles. The number of rotatable bonds is 3. The average molecular weight is 364 g/mol. The Labute approximate surface area is 149 Å². The summed E-state index contributed by atoms with van der Waals surface area (Å²) in [6.07, 6.45) is 1.79. The number of sulfone groups is 1. The summed E-state index contributed by atoms with van der Waals surface area (Å²) in [5, 5.41) is 0. The van der Waals surface area contributed by atoms with Crippen molar-refractivity contribution in [1.29, 1.82) is 0 Å². The monoisotopic (exact) mass is 364 g/mol. The Balaban J connectivity index is 1.30. The lowest BCUT2D eigenvalue weighted by Gasteiger charge is -2.35. The average Bonchev–Trinajstić information content (AvgIpc) is 3.18. The predicted molar refractivity (Wildman–Crippen MR) is 96.7 cm³/mol. The van der Waals surface area contributed by atoms with Crippen LogP contribution in [-0.2, 0) is 21.1 Å². The second-order valence-electron chi connectivity index (χ2n) is 7.44. The summed E-state index contributed by atoms with van der Waals surface area (Å²) >= 11 is 0. The number of anilines is 1. The zero-order valence-corrected chi connectivity index (χ0v) is 15.3. The number of benzene rings is 1. The maximum Gasteiger partial charge on any atom is 0.242 e. The lowest BCUT2D eigenvalue weighted by molar-refractivity contribution is -0.925. The second kappa shape index (κ2) is 6.61. The molecule has 0 unspecified atom stereocenters. The fourth-order valence-electron chi connectivity index (χ4n) is 4.40. The summed E-state index contributed by atoms with van der Waals surface area (Å²) in [6.45, 7) is 4.56. The van der Waals surface area contributed by atoms with E-state index in [4.69, 9.17) is 0 Å². The van der Waals surface area contributed by atoms with Crippen molar-refractivity contribution in [2.75, 3.05) is 55.7 Å². The molecule has 1 aromatic rings. The highest BCUT2D eigenvalue weighted by Gasteiger charge is 2.37. The number of piperazine rings is 1. The number of hydrogen-bond acceptors (Lipinski definition) is 4. The number of carbonyl (C=O) groups excluding carboxylic acids is 1. The number of nitrogens with one attached hydrogen (secondary N) is 1. The zero-order valence-electron chi connectivity index (χ0n) is 14.5. The van der Waals surface area contributed by atoms with E-state index in [2.05, 4.69) is 23.1 Å². The van der Waals surface area contributed by atoms with Crippen LogP contribution in [0, 0.1) is 0 Å².